The van der Waals surface area contributed by atoms with Crippen LogP contribution in [0.15, 0.2) is 54.9 Å². The van der Waals surface area contributed by atoms with Gasteiger partial charge in [0.2, 0.25) is 0 Å². The summed E-state index contributed by atoms with van der Waals surface area (Å²) in [6.07, 6.45) is 4.11. The van der Waals surface area contributed by atoms with Crippen molar-refractivity contribution in [3.63, 3.8) is 0 Å². The summed E-state index contributed by atoms with van der Waals surface area (Å²) in [5, 5.41) is 13.0. The van der Waals surface area contributed by atoms with Crippen molar-refractivity contribution in [3.05, 3.63) is 60.4 Å². The largest absolute Gasteiger partial charge is 0.494 e. The van der Waals surface area contributed by atoms with Crippen LogP contribution in [0, 0.1) is 0 Å². The van der Waals surface area contributed by atoms with Crippen LogP contribution in [0.25, 0.3) is 10.9 Å². The summed E-state index contributed by atoms with van der Waals surface area (Å²) in [4.78, 5) is 19.3. The molecule has 0 spiro atoms. The highest BCUT2D eigenvalue weighted by molar-refractivity contribution is 5.90. The zero-order chi connectivity index (χ0) is 19.8. The van der Waals surface area contributed by atoms with E-state index >= 15 is 0 Å². The molecule has 2 aromatic carbocycles. The monoisotopic (exact) mass is 379 g/mol. The Hall–Kier alpha value is -3.15. The van der Waals surface area contributed by atoms with Crippen LogP contribution in [-0.2, 0) is 4.79 Å². The summed E-state index contributed by atoms with van der Waals surface area (Å²) in [6.45, 7) is 2.66. The number of carboxylic acid groups (broad SMARTS) is 1. The molecule has 1 unspecified atom stereocenters. The molecule has 3 rings (SSSR count). The van der Waals surface area contributed by atoms with Gasteiger partial charge in [0.15, 0.2) is 0 Å². The van der Waals surface area contributed by atoms with Gasteiger partial charge in [0.25, 0.3) is 0 Å². The van der Waals surface area contributed by atoms with Crippen molar-refractivity contribution in [2.45, 2.75) is 38.6 Å². The molecule has 0 saturated carbocycles. The Labute approximate surface area is 164 Å². The maximum atomic E-state index is 10.5. The molecule has 0 saturated heterocycles. The molecule has 0 aliphatic carbocycles. The number of hydrogen-bond acceptors (Lipinski definition) is 5. The minimum Gasteiger partial charge on any atom is -0.494 e. The van der Waals surface area contributed by atoms with Crippen LogP contribution in [0.5, 0.6) is 5.75 Å². The summed E-state index contributed by atoms with van der Waals surface area (Å²) in [5.74, 6) is 0.782. The van der Waals surface area contributed by atoms with Gasteiger partial charge in [-0.15, -0.1) is 0 Å². The third-order valence-electron chi connectivity index (χ3n) is 4.56. The van der Waals surface area contributed by atoms with Crippen molar-refractivity contribution >= 4 is 22.7 Å². The maximum Gasteiger partial charge on any atom is 0.303 e. The summed E-state index contributed by atoms with van der Waals surface area (Å²) in [6, 6.07) is 16.1. The molecule has 28 heavy (non-hydrogen) atoms. The van der Waals surface area contributed by atoms with Crippen LogP contribution in [0.4, 0.5) is 5.82 Å². The van der Waals surface area contributed by atoms with Crippen molar-refractivity contribution in [2.75, 3.05) is 11.9 Å². The van der Waals surface area contributed by atoms with E-state index in [1.165, 1.54) is 5.56 Å². The minimum absolute atomic E-state index is 0.109. The molecule has 6 heteroatoms. The van der Waals surface area contributed by atoms with Gasteiger partial charge >= 0.3 is 5.97 Å². The van der Waals surface area contributed by atoms with Gasteiger partial charge in [0, 0.05) is 17.8 Å². The molecule has 0 aliphatic rings. The fourth-order valence-corrected chi connectivity index (χ4v) is 3.02. The van der Waals surface area contributed by atoms with E-state index in [9.17, 15) is 4.79 Å². The summed E-state index contributed by atoms with van der Waals surface area (Å²) in [7, 11) is 0. The van der Waals surface area contributed by atoms with Gasteiger partial charge < -0.3 is 15.2 Å². The lowest BCUT2D eigenvalue weighted by molar-refractivity contribution is -0.137. The number of hydrogen-bond donors (Lipinski definition) is 2. The molecular formula is C22H25N3O3. The Morgan fingerprint density at radius 2 is 1.93 bits per heavy atom. The van der Waals surface area contributed by atoms with E-state index in [4.69, 9.17) is 9.84 Å². The van der Waals surface area contributed by atoms with Gasteiger partial charge in [-0.25, -0.2) is 9.97 Å². The van der Waals surface area contributed by atoms with E-state index in [2.05, 4.69) is 34.3 Å². The number of unbranched alkanes of at least 4 members (excludes halogenated alkanes) is 2. The lowest BCUT2D eigenvalue weighted by atomic mass is 10.1. The number of nitrogens with zero attached hydrogens (tertiary/aromatic N) is 2. The molecule has 1 heterocycles. The summed E-state index contributed by atoms with van der Waals surface area (Å²) in [5.41, 5.74) is 2.04. The second-order valence-electron chi connectivity index (χ2n) is 6.73. The smallest absolute Gasteiger partial charge is 0.303 e. The highest BCUT2D eigenvalue weighted by Crippen LogP contribution is 2.27. The third-order valence-corrected chi connectivity index (χ3v) is 4.56. The van der Waals surface area contributed by atoms with Crippen LogP contribution < -0.4 is 10.1 Å². The van der Waals surface area contributed by atoms with E-state index in [0.29, 0.717) is 13.0 Å². The fraction of sp³-hybridized carbons (Fsp3) is 0.318. The number of anilines is 1. The van der Waals surface area contributed by atoms with Crippen molar-refractivity contribution in [2.24, 2.45) is 0 Å². The second kappa shape index (κ2) is 9.69. The number of rotatable bonds is 10. The van der Waals surface area contributed by atoms with Crippen LogP contribution in [0.1, 0.15) is 44.2 Å². The molecule has 2 N–H and O–H groups in total. The molecule has 3 aromatic rings. The van der Waals surface area contributed by atoms with Crippen molar-refractivity contribution in [3.8, 4) is 5.75 Å². The summed E-state index contributed by atoms with van der Waals surface area (Å²) < 4.78 is 5.84. The fourth-order valence-electron chi connectivity index (χ4n) is 3.02. The molecular weight excluding hydrogens is 354 g/mol. The summed E-state index contributed by atoms with van der Waals surface area (Å²) >= 11 is 0. The number of aromatic nitrogens is 2. The number of fused-ring (bicyclic) bond motifs is 1. The lowest BCUT2D eigenvalue weighted by Crippen LogP contribution is -2.08. The van der Waals surface area contributed by atoms with Crippen molar-refractivity contribution < 1.29 is 14.6 Å². The Morgan fingerprint density at radius 1 is 1.11 bits per heavy atom. The number of carbonyl (C=O) groups is 1. The molecule has 1 aromatic heterocycles. The second-order valence-corrected chi connectivity index (χ2v) is 6.73. The van der Waals surface area contributed by atoms with Crippen LogP contribution in [0.2, 0.25) is 0 Å². The average molecular weight is 379 g/mol. The number of ether oxygens (including phenoxy) is 1. The highest BCUT2D eigenvalue weighted by Gasteiger charge is 2.10. The number of aliphatic carboxylic acids is 1. The maximum absolute atomic E-state index is 10.5. The van der Waals surface area contributed by atoms with E-state index in [1.54, 1.807) is 6.33 Å². The number of carboxylic acids is 1. The molecule has 0 radical (unpaired) electrons. The molecule has 6 nitrogen and oxygen atoms in total. The van der Waals surface area contributed by atoms with Gasteiger partial charge in [-0.1, -0.05) is 30.3 Å². The number of nitrogens with one attached hydrogen (secondary N) is 1. The van der Waals surface area contributed by atoms with E-state index in [1.807, 2.05) is 36.4 Å². The predicted octanol–water partition coefficient (Wildman–Crippen LogP) is 4.83. The Bertz CT molecular complexity index is 915. The first-order chi connectivity index (χ1) is 13.6. The van der Waals surface area contributed by atoms with Crippen molar-refractivity contribution in [1.82, 2.24) is 9.97 Å². The van der Waals surface area contributed by atoms with Gasteiger partial charge in [-0.05, 0) is 49.9 Å². The van der Waals surface area contributed by atoms with E-state index in [-0.39, 0.29) is 12.5 Å². The first-order valence-corrected chi connectivity index (χ1v) is 9.54. The van der Waals surface area contributed by atoms with Gasteiger partial charge in [0.1, 0.15) is 17.9 Å². The molecule has 0 fully saturated rings. The Kier molecular flexibility index (Phi) is 6.78. The van der Waals surface area contributed by atoms with E-state index < -0.39 is 5.97 Å². The Balaban J connectivity index is 1.65. The topological polar surface area (TPSA) is 84.3 Å². The van der Waals surface area contributed by atoms with Crippen molar-refractivity contribution in [1.29, 1.82) is 0 Å². The molecule has 0 amide bonds. The third kappa shape index (κ3) is 5.42. The first-order valence-electron chi connectivity index (χ1n) is 9.54. The normalized spacial score (nSPS) is 11.9. The zero-order valence-corrected chi connectivity index (χ0v) is 16.0. The number of benzene rings is 2. The lowest BCUT2D eigenvalue weighted by Gasteiger charge is -2.16. The molecule has 146 valence electrons. The zero-order valence-electron chi connectivity index (χ0n) is 16.0. The van der Waals surface area contributed by atoms with Gasteiger partial charge in [-0.3, -0.25) is 4.79 Å². The van der Waals surface area contributed by atoms with Crippen LogP contribution >= 0.6 is 0 Å². The SMILES string of the molecule is CC(Nc1ncnc2ccc(OCCCCCC(=O)O)cc12)c1ccccc1. The van der Waals surface area contributed by atoms with Crippen LogP contribution in [0.3, 0.4) is 0 Å². The van der Waals surface area contributed by atoms with Crippen LogP contribution in [-0.4, -0.2) is 27.7 Å². The highest BCUT2D eigenvalue weighted by atomic mass is 16.5. The standard InChI is InChI=1S/C22H25N3O3/c1-16(17-8-4-2-5-9-17)25-22-19-14-18(11-12-20(19)23-15-24-22)28-13-7-3-6-10-21(26)27/h2,4-5,8-9,11-12,14-16H,3,6-7,10,13H2,1H3,(H,26,27)(H,23,24,25). The first kappa shape index (κ1) is 19.6. The molecule has 0 aliphatic heterocycles. The molecule has 0 bridgehead atoms. The van der Waals surface area contributed by atoms with Gasteiger partial charge in [-0.2, -0.15) is 0 Å². The quantitative estimate of drug-likeness (QED) is 0.491. The average Bonchev–Trinajstić information content (AvgIpc) is 2.71. The Morgan fingerprint density at radius 3 is 2.71 bits per heavy atom. The predicted molar refractivity (Wildman–Crippen MR) is 110 cm³/mol. The van der Waals surface area contributed by atoms with E-state index in [0.717, 1.165) is 35.3 Å². The minimum atomic E-state index is -0.750. The molecule has 1 atom stereocenters. The van der Waals surface area contributed by atoms with Gasteiger partial charge in [0.05, 0.1) is 12.1 Å².